The Labute approximate surface area is 119 Å². The van der Waals surface area contributed by atoms with E-state index in [0.717, 1.165) is 10.1 Å². The second-order valence-electron chi connectivity index (χ2n) is 4.13. The lowest BCUT2D eigenvalue weighted by molar-refractivity contribution is 0.103. The zero-order valence-electron chi connectivity index (χ0n) is 10.3. The molecule has 0 aliphatic rings. The van der Waals surface area contributed by atoms with Crippen LogP contribution in [-0.4, -0.2) is 15.6 Å². The van der Waals surface area contributed by atoms with E-state index in [-0.39, 0.29) is 5.78 Å². The van der Waals surface area contributed by atoms with Crippen LogP contribution in [0, 0.1) is 0 Å². The first-order valence-corrected chi connectivity index (χ1v) is 7.20. The average Bonchev–Trinajstić information content (AvgIpc) is 3.01. The molecule has 0 saturated heterocycles. The monoisotopic (exact) mass is 290 g/mol. The Hall–Kier alpha value is -1.65. The topological polar surface area (TPSA) is 34.9 Å². The summed E-state index contributed by atoms with van der Waals surface area (Å²) in [4.78, 5) is 12.6. The molecular weight excluding hydrogens is 280 g/mol. The summed E-state index contributed by atoms with van der Waals surface area (Å²) in [6, 6.07) is 7.87. The van der Waals surface area contributed by atoms with Crippen molar-refractivity contribution in [2.24, 2.45) is 0 Å². The second-order valence-corrected chi connectivity index (χ2v) is 5.45. The molecule has 0 unspecified atom stereocenters. The van der Waals surface area contributed by atoms with Crippen LogP contribution in [0.4, 0.5) is 0 Å². The van der Waals surface area contributed by atoms with Crippen LogP contribution in [0.2, 0.25) is 5.02 Å². The molecule has 0 aliphatic heterocycles. The number of halogens is 1. The van der Waals surface area contributed by atoms with Gasteiger partial charge in [0.25, 0.3) is 0 Å². The van der Waals surface area contributed by atoms with Crippen LogP contribution < -0.4 is 0 Å². The van der Waals surface area contributed by atoms with E-state index in [4.69, 9.17) is 11.6 Å². The normalized spacial score (nSPS) is 11.1. The molecule has 0 radical (unpaired) electrons. The molecule has 0 fully saturated rings. The van der Waals surface area contributed by atoms with Crippen LogP contribution in [-0.2, 0) is 6.54 Å². The number of benzene rings is 1. The van der Waals surface area contributed by atoms with Crippen molar-refractivity contribution in [2.45, 2.75) is 13.5 Å². The third kappa shape index (κ3) is 1.97. The van der Waals surface area contributed by atoms with Crippen LogP contribution in [0.3, 0.4) is 0 Å². The van der Waals surface area contributed by atoms with Crippen molar-refractivity contribution in [1.29, 1.82) is 0 Å². The van der Waals surface area contributed by atoms with Crippen LogP contribution in [0.15, 0.2) is 35.8 Å². The van der Waals surface area contributed by atoms with E-state index in [1.807, 2.05) is 36.6 Å². The fraction of sp³-hybridized carbons (Fsp3) is 0.143. The molecule has 0 saturated carbocycles. The summed E-state index contributed by atoms with van der Waals surface area (Å²) in [5, 5.41) is 7.37. The number of ketones is 1. The van der Waals surface area contributed by atoms with Crippen molar-refractivity contribution in [3.8, 4) is 0 Å². The second kappa shape index (κ2) is 4.79. The van der Waals surface area contributed by atoms with Crippen LogP contribution >= 0.6 is 22.9 Å². The Morgan fingerprint density at radius 2 is 2.21 bits per heavy atom. The molecule has 0 spiro atoms. The van der Waals surface area contributed by atoms with Crippen LogP contribution in [0.25, 0.3) is 10.1 Å². The minimum Gasteiger partial charge on any atom is -0.287 e. The predicted octanol–water partition coefficient (Wildman–Crippen LogP) is 4.00. The number of nitrogens with zero attached hydrogens (tertiary/aromatic N) is 2. The van der Waals surface area contributed by atoms with E-state index in [2.05, 4.69) is 5.10 Å². The Kier molecular flexibility index (Phi) is 3.12. The summed E-state index contributed by atoms with van der Waals surface area (Å²) >= 11 is 7.65. The van der Waals surface area contributed by atoms with Gasteiger partial charge in [0.05, 0.1) is 11.2 Å². The number of hydrogen-bond acceptors (Lipinski definition) is 3. The van der Waals surface area contributed by atoms with Crippen LogP contribution in [0.1, 0.15) is 23.0 Å². The molecule has 3 rings (SSSR count). The van der Waals surface area contributed by atoms with Gasteiger partial charge in [-0.1, -0.05) is 29.8 Å². The third-order valence-electron chi connectivity index (χ3n) is 3.04. The standard InChI is InChI=1S/C14H11ClN2OS/c1-2-17-13(11(15)7-16-17)14(18)10-8-19-12-6-4-3-5-9(10)12/h3-8H,2H2,1H3. The van der Waals surface area contributed by atoms with E-state index in [9.17, 15) is 4.79 Å². The van der Waals surface area contributed by atoms with Crippen molar-refractivity contribution >= 4 is 38.8 Å². The summed E-state index contributed by atoms with van der Waals surface area (Å²) in [5.74, 6) is -0.0678. The lowest BCUT2D eigenvalue weighted by Gasteiger charge is -2.04. The number of fused-ring (bicyclic) bond motifs is 1. The number of aromatic nitrogens is 2. The molecule has 2 aromatic heterocycles. The molecule has 3 nitrogen and oxygen atoms in total. The maximum atomic E-state index is 12.6. The number of thiophene rings is 1. The van der Waals surface area contributed by atoms with Gasteiger partial charge in [-0.3, -0.25) is 9.48 Å². The lowest BCUT2D eigenvalue weighted by Crippen LogP contribution is -2.10. The van der Waals surface area contributed by atoms with Crippen molar-refractivity contribution in [1.82, 2.24) is 9.78 Å². The van der Waals surface area contributed by atoms with E-state index in [0.29, 0.717) is 22.8 Å². The predicted molar refractivity (Wildman–Crippen MR) is 78.2 cm³/mol. The van der Waals surface area contributed by atoms with Gasteiger partial charge in [0, 0.05) is 27.6 Å². The van der Waals surface area contributed by atoms with E-state index >= 15 is 0 Å². The van der Waals surface area contributed by atoms with Crippen molar-refractivity contribution in [3.05, 3.63) is 52.1 Å². The van der Waals surface area contributed by atoms with Gasteiger partial charge in [0.2, 0.25) is 5.78 Å². The van der Waals surface area contributed by atoms with Gasteiger partial charge in [-0.05, 0) is 13.0 Å². The Balaban J connectivity index is 2.16. The van der Waals surface area contributed by atoms with Crippen molar-refractivity contribution in [3.63, 3.8) is 0 Å². The Bertz CT molecular complexity index is 760. The fourth-order valence-electron chi connectivity index (χ4n) is 2.11. The first-order chi connectivity index (χ1) is 9.22. The molecule has 0 bridgehead atoms. The van der Waals surface area contributed by atoms with Gasteiger partial charge in [-0.15, -0.1) is 11.3 Å². The van der Waals surface area contributed by atoms with Gasteiger partial charge >= 0.3 is 0 Å². The Morgan fingerprint density at radius 3 is 3.00 bits per heavy atom. The molecule has 5 heteroatoms. The lowest BCUT2D eigenvalue weighted by atomic mass is 10.1. The molecule has 2 heterocycles. The van der Waals surface area contributed by atoms with E-state index < -0.39 is 0 Å². The first kappa shape index (κ1) is 12.4. The highest BCUT2D eigenvalue weighted by atomic mass is 35.5. The average molecular weight is 291 g/mol. The summed E-state index contributed by atoms with van der Waals surface area (Å²) in [6.45, 7) is 2.56. The molecule has 0 atom stereocenters. The number of rotatable bonds is 3. The van der Waals surface area contributed by atoms with Gasteiger partial charge in [0.1, 0.15) is 5.69 Å². The highest BCUT2D eigenvalue weighted by molar-refractivity contribution is 7.17. The quantitative estimate of drug-likeness (QED) is 0.683. The van der Waals surface area contributed by atoms with Gasteiger partial charge in [0.15, 0.2) is 0 Å². The number of carbonyl (C=O) groups is 1. The number of carbonyl (C=O) groups excluding carboxylic acids is 1. The molecule has 3 aromatic rings. The van der Waals surface area contributed by atoms with Crippen molar-refractivity contribution < 1.29 is 4.79 Å². The van der Waals surface area contributed by atoms with E-state index in [1.165, 1.54) is 6.20 Å². The minimum atomic E-state index is -0.0678. The molecule has 0 N–H and O–H groups in total. The zero-order valence-corrected chi connectivity index (χ0v) is 11.8. The molecule has 0 aliphatic carbocycles. The molecule has 1 aromatic carbocycles. The molecule has 0 amide bonds. The maximum absolute atomic E-state index is 12.6. The highest BCUT2D eigenvalue weighted by Gasteiger charge is 2.21. The van der Waals surface area contributed by atoms with Gasteiger partial charge in [-0.2, -0.15) is 5.10 Å². The summed E-state index contributed by atoms with van der Waals surface area (Å²) in [6.07, 6.45) is 1.52. The molecule has 19 heavy (non-hydrogen) atoms. The fourth-order valence-corrected chi connectivity index (χ4v) is 3.28. The van der Waals surface area contributed by atoms with E-state index in [1.54, 1.807) is 16.0 Å². The van der Waals surface area contributed by atoms with Crippen LogP contribution in [0.5, 0.6) is 0 Å². The van der Waals surface area contributed by atoms with Gasteiger partial charge < -0.3 is 0 Å². The van der Waals surface area contributed by atoms with Crippen molar-refractivity contribution in [2.75, 3.05) is 0 Å². The summed E-state index contributed by atoms with van der Waals surface area (Å²) in [7, 11) is 0. The van der Waals surface area contributed by atoms with Gasteiger partial charge in [-0.25, -0.2) is 0 Å². The summed E-state index contributed by atoms with van der Waals surface area (Å²) in [5.41, 5.74) is 1.16. The zero-order chi connectivity index (χ0) is 13.4. The highest BCUT2D eigenvalue weighted by Crippen LogP contribution is 2.29. The number of aryl methyl sites for hydroxylation is 1. The third-order valence-corrected chi connectivity index (χ3v) is 4.28. The maximum Gasteiger partial charge on any atom is 0.214 e. The minimum absolute atomic E-state index is 0.0678. The smallest absolute Gasteiger partial charge is 0.214 e. The number of hydrogen-bond donors (Lipinski definition) is 0. The largest absolute Gasteiger partial charge is 0.287 e. The Morgan fingerprint density at radius 1 is 1.42 bits per heavy atom. The molecule has 96 valence electrons. The summed E-state index contributed by atoms with van der Waals surface area (Å²) < 4.78 is 2.74. The SMILES string of the molecule is CCn1ncc(Cl)c1C(=O)c1csc2ccccc12. The molecular formula is C14H11ClN2OS. The first-order valence-electron chi connectivity index (χ1n) is 5.94.